The molecule has 0 spiro atoms. The van der Waals surface area contributed by atoms with Gasteiger partial charge in [-0.1, -0.05) is 20.8 Å². The molecule has 0 amide bonds. The van der Waals surface area contributed by atoms with Crippen molar-refractivity contribution in [2.24, 2.45) is 10.8 Å². The number of hydrogen-bond acceptors (Lipinski definition) is 2. The van der Waals surface area contributed by atoms with E-state index < -0.39 is 0 Å². The van der Waals surface area contributed by atoms with Gasteiger partial charge in [-0.05, 0) is 53.1 Å². The van der Waals surface area contributed by atoms with Gasteiger partial charge in [0, 0.05) is 29.6 Å². The Morgan fingerprint density at radius 2 is 1.61 bits per heavy atom. The van der Waals surface area contributed by atoms with Crippen molar-refractivity contribution in [1.82, 2.24) is 9.80 Å². The summed E-state index contributed by atoms with van der Waals surface area (Å²) in [5.41, 5.74) is 1.28. The molecular formula is C16H32N2. The Balaban J connectivity index is 2.23. The Labute approximate surface area is 114 Å². The second-order valence-electron chi connectivity index (χ2n) is 8.98. The van der Waals surface area contributed by atoms with E-state index in [1.807, 2.05) is 0 Å². The van der Waals surface area contributed by atoms with E-state index in [0.29, 0.717) is 16.4 Å². The predicted molar refractivity (Wildman–Crippen MR) is 78.8 cm³/mol. The number of nitrogens with zero attached hydrogens (tertiary/aromatic N) is 2. The second kappa shape index (κ2) is 3.96. The minimum atomic E-state index is 0.299. The maximum atomic E-state index is 2.83. The zero-order valence-electron chi connectivity index (χ0n) is 13.7. The van der Waals surface area contributed by atoms with Crippen LogP contribution < -0.4 is 0 Å². The van der Waals surface area contributed by atoms with E-state index in [1.165, 1.54) is 19.4 Å². The Morgan fingerprint density at radius 3 is 1.94 bits per heavy atom. The standard InChI is InChI=1S/C16H32N2/c1-14(2,3)12-9-16(11-17(7)8)10-13(16)18(12)15(4,5)6/h12-13H,9-11H2,1-8H3/t12-,13?,16?/m0/s1. The van der Waals surface area contributed by atoms with Gasteiger partial charge in [-0.15, -0.1) is 0 Å². The minimum absolute atomic E-state index is 0.299. The van der Waals surface area contributed by atoms with E-state index in [-0.39, 0.29) is 0 Å². The highest BCUT2D eigenvalue weighted by Gasteiger charge is 2.67. The van der Waals surface area contributed by atoms with Crippen LogP contribution in [0.2, 0.25) is 0 Å². The van der Waals surface area contributed by atoms with Crippen molar-refractivity contribution >= 4 is 0 Å². The molecule has 1 aliphatic heterocycles. The third kappa shape index (κ3) is 2.34. The van der Waals surface area contributed by atoms with Crippen LogP contribution in [-0.4, -0.2) is 48.1 Å². The third-order valence-electron chi connectivity index (χ3n) is 4.82. The Kier molecular flexibility index (Phi) is 3.15. The van der Waals surface area contributed by atoms with Crippen molar-refractivity contribution in [3.8, 4) is 0 Å². The van der Waals surface area contributed by atoms with Crippen LogP contribution in [0.1, 0.15) is 54.4 Å². The molecule has 2 heteroatoms. The molecule has 0 radical (unpaired) electrons. The van der Waals surface area contributed by atoms with Crippen molar-refractivity contribution in [2.75, 3.05) is 20.6 Å². The van der Waals surface area contributed by atoms with Crippen LogP contribution in [0.25, 0.3) is 0 Å². The van der Waals surface area contributed by atoms with Crippen molar-refractivity contribution in [1.29, 1.82) is 0 Å². The molecule has 2 aliphatic rings. The molecule has 1 saturated carbocycles. The van der Waals surface area contributed by atoms with E-state index in [4.69, 9.17) is 0 Å². The molecule has 18 heavy (non-hydrogen) atoms. The zero-order chi connectivity index (χ0) is 13.9. The fourth-order valence-electron chi connectivity index (χ4n) is 4.16. The normalized spacial score (nSPS) is 37.2. The van der Waals surface area contributed by atoms with Crippen LogP contribution >= 0.6 is 0 Å². The van der Waals surface area contributed by atoms with E-state index in [9.17, 15) is 0 Å². The van der Waals surface area contributed by atoms with E-state index >= 15 is 0 Å². The van der Waals surface area contributed by atoms with Gasteiger partial charge < -0.3 is 4.90 Å². The molecule has 2 nitrogen and oxygen atoms in total. The van der Waals surface area contributed by atoms with E-state index in [0.717, 1.165) is 12.1 Å². The van der Waals surface area contributed by atoms with Gasteiger partial charge in [0.15, 0.2) is 0 Å². The summed E-state index contributed by atoms with van der Waals surface area (Å²) in [6, 6.07) is 1.56. The first-order valence-corrected chi connectivity index (χ1v) is 7.41. The summed E-state index contributed by atoms with van der Waals surface area (Å²) in [5, 5.41) is 0. The molecule has 1 aliphatic carbocycles. The molecule has 2 rings (SSSR count). The number of rotatable bonds is 2. The smallest absolute Gasteiger partial charge is 0.0180 e. The maximum Gasteiger partial charge on any atom is 0.0180 e. The Hall–Kier alpha value is -0.0800. The van der Waals surface area contributed by atoms with Crippen LogP contribution in [0.5, 0.6) is 0 Å². The van der Waals surface area contributed by atoms with Crippen LogP contribution in [0.4, 0.5) is 0 Å². The largest absolute Gasteiger partial charge is 0.309 e. The molecule has 1 heterocycles. The molecule has 0 aromatic rings. The molecule has 0 aromatic carbocycles. The first kappa shape index (κ1) is 14.3. The highest BCUT2D eigenvalue weighted by Crippen LogP contribution is 2.63. The monoisotopic (exact) mass is 252 g/mol. The topological polar surface area (TPSA) is 6.48 Å². The minimum Gasteiger partial charge on any atom is -0.309 e. The van der Waals surface area contributed by atoms with Gasteiger partial charge in [0.1, 0.15) is 0 Å². The van der Waals surface area contributed by atoms with Crippen LogP contribution in [0.15, 0.2) is 0 Å². The van der Waals surface area contributed by atoms with Crippen LogP contribution in [0, 0.1) is 10.8 Å². The first-order chi connectivity index (χ1) is 7.97. The average molecular weight is 252 g/mol. The molecule has 0 aromatic heterocycles. The van der Waals surface area contributed by atoms with E-state index in [1.54, 1.807) is 0 Å². The van der Waals surface area contributed by atoms with Crippen molar-refractivity contribution in [2.45, 2.75) is 72.0 Å². The molecule has 3 atom stereocenters. The van der Waals surface area contributed by atoms with Gasteiger partial charge in [0.25, 0.3) is 0 Å². The molecule has 1 saturated heterocycles. The number of piperidine rings is 1. The lowest BCUT2D eigenvalue weighted by Gasteiger charge is -2.45. The Morgan fingerprint density at radius 1 is 1.06 bits per heavy atom. The summed E-state index contributed by atoms with van der Waals surface area (Å²) in [6.07, 6.45) is 2.80. The highest BCUT2D eigenvalue weighted by atomic mass is 15.3. The molecular weight excluding hydrogens is 220 g/mol. The van der Waals surface area contributed by atoms with Crippen LogP contribution in [-0.2, 0) is 0 Å². The maximum absolute atomic E-state index is 2.83. The molecule has 0 bridgehead atoms. The summed E-state index contributed by atoms with van der Waals surface area (Å²) < 4.78 is 0. The first-order valence-electron chi connectivity index (χ1n) is 7.41. The van der Waals surface area contributed by atoms with Gasteiger partial charge in [-0.25, -0.2) is 0 Å². The summed E-state index contributed by atoms with van der Waals surface area (Å²) in [7, 11) is 4.44. The van der Waals surface area contributed by atoms with Crippen molar-refractivity contribution < 1.29 is 0 Å². The summed E-state index contributed by atoms with van der Waals surface area (Å²) in [5.74, 6) is 0. The number of hydrogen-bond donors (Lipinski definition) is 0. The predicted octanol–water partition coefficient (Wildman–Crippen LogP) is 3.23. The fraction of sp³-hybridized carbons (Fsp3) is 1.00. The van der Waals surface area contributed by atoms with Crippen molar-refractivity contribution in [3.63, 3.8) is 0 Å². The number of fused-ring (bicyclic) bond motifs is 1. The lowest BCUT2D eigenvalue weighted by molar-refractivity contribution is 0.0362. The molecule has 2 fully saturated rings. The summed E-state index contributed by atoms with van der Waals surface area (Å²) in [6.45, 7) is 15.6. The second-order valence-corrected chi connectivity index (χ2v) is 8.98. The quantitative estimate of drug-likeness (QED) is 0.744. The lowest BCUT2D eigenvalue weighted by atomic mass is 9.80. The third-order valence-corrected chi connectivity index (χ3v) is 4.82. The molecule has 0 N–H and O–H groups in total. The SMILES string of the molecule is CN(C)CC12CC1N(C(C)(C)C)[C@H](C(C)(C)C)C2. The number of likely N-dealkylation sites (tertiary alicyclic amines) is 1. The zero-order valence-corrected chi connectivity index (χ0v) is 13.7. The Bertz CT molecular complexity index is 321. The van der Waals surface area contributed by atoms with Gasteiger partial charge >= 0.3 is 0 Å². The average Bonchev–Trinajstić information content (AvgIpc) is 2.64. The van der Waals surface area contributed by atoms with Gasteiger partial charge in [-0.2, -0.15) is 0 Å². The lowest BCUT2D eigenvalue weighted by Crippen LogP contribution is -2.51. The van der Waals surface area contributed by atoms with Gasteiger partial charge in [0.05, 0.1) is 0 Å². The highest BCUT2D eigenvalue weighted by molar-refractivity contribution is 5.21. The van der Waals surface area contributed by atoms with Gasteiger partial charge in [-0.3, -0.25) is 4.90 Å². The fourth-order valence-corrected chi connectivity index (χ4v) is 4.16. The van der Waals surface area contributed by atoms with Crippen LogP contribution in [0.3, 0.4) is 0 Å². The molecule has 106 valence electrons. The molecule has 2 unspecified atom stereocenters. The van der Waals surface area contributed by atoms with Crippen molar-refractivity contribution in [3.05, 3.63) is 0 Å². The summed E-state index contributed by atoms with van der Waals surface area (Å²) in [4.78, 5) is 5.21. The summed E-state index contributed by atoms with van der Waals surface area (Å²) >= 11 is 0. The van der Waals surface area contributed by atoms with E-state index in [2.05, 4.69) is 65.4 Å². The van der Waals surface area contributed by atoms with Gasteiger partial charge in [0.2, 0.25) is 0 Å².